The van der Waals surface area contributed by atoms with Crippen LogP contribution in [0.25, 0.3) is 0 Å². The van der Waals surface area contributed by atoms with Gasteiger partial charge in [-0.15, -0.1) is 0 Å². The fraction of sp³-hybridized carbons (Fsp3) is 0.300. The smallest absolute Gasteiger partial charge is 0.181 e. The van der Waals surface area contributed by atoms with E-state index in [2.05, 4.69) is 0 Å². The molecule has 0 heterocycles. The van der Waals surface area contributed by atoms with Crippen LogP contribution in [0.2, 0.25) is 0 Å². The molecule has 1 aromatic rings. The minimum Gasteiger partial charge on any atom is -0.399 e. The summed E-state index contributed by atoms with van der Waals surface area (Å²) in [4.78, 5) is 0.0502. The molecule has 0 unspecified atom stereocenters. The third kappa shape index (κ3) is 2.10. The topological polar surface area (TPSA) is 83.9 Å². The number of hydrogen-bond donors (Lipinski definition) is 1. The maximum atomic E-state index is 11.8. The van der Waals surface area contributed by atoms with E-state index in [-0.39, 0.29) is 10.5 Å². The zero-order valence-electron chi connectivity index (χ0n) is 8.56. The van der Waals surface area contributed by atoms with Gasteiger partial charge in [-0.3, -0.25) is 0 Å². The molecule has 2 N–H and O–H groups in total. The minimum atomic E-state index is -3.41. The van der Waals surface area contributed by atoms with Gasteiger partial charge in [0.2, 0.25) is 0 Å². The third-order valence-electron chi connectivity index (χ3n) is 2.05. The molecular weight excluding hydrogens is 212 g/mol. The number of anilines is 1. The summed E-state index contributed by atoms with van der Waals surface area (Å²) in [5.74, 6) is 0. The molecule has 0 amide bonds. The Balaban J connectivity index is 3.47. The molecule has 0 saturated carbocycles. The van der Waals surface area contributed by atoms with Crippen molar-refractivity contribution >= 4 is 15.5 Å². The van der Waals surface area contributed by atoms with Crippen molar-refractivity contribution in [3.8, 4) is 6.07 Å². The zero-order valence-corrected chi connectivity index (χ0v) is 9.38. The summed E-state index contributed by atoms with van der Waals surface area (Å²) in [6.07, 6.45) is 0. The normalized spacial score (nSPS) is 11.3. The first-order valence-electron chi connectivity index (χ1n) is 4.43. The van der Waals surface area contributed by atoms with Gasteiger partial charge in [-0.1, -0.05) is 0 Å². The van der Waals surface area contributed by atoms with E-state index in [0.29, 0.717) is 5.69 Å². The summed E-state index contributed by atoms with van der Waals surface area (Å²) in [7, 11) is -3.41. The number of nitriles is 1. The predicted octanol–water partition coefficient (Wildman–Crippen LogP) is 1.32. The van der Waals surface area contributed by atoms with Crippen molar-refractivity contribution in [1.29, 1.82) is 5.26 Å². The van der Waals surface area contributed by atoms with Crippen LogP contribution in [0.3, 0.4) is 0 Å². The second kappa shape index (κ2) is 3.91. The number of nitrogens with two attached hydrogens (primary N) is 1. The fourth-order valence-corrected chi connectivity index (χ4v) is 2.31. The molecule has 5 heteroatoms. The fourth-order valence-electron chi connectivity index (χ4n) is 1.14. The second-order valence-corrected chi connectivity index (χ2v) is 5.93. The highest BCUT2D eigenvalue weighted by atomic mass is 32.2. The summed E-state index contributed by atoms with van der Waals surface area (Å²) < 4.78 is 23.7. The van der Waals surface area contributed by atoms with Crippen LogP contribution >= 0.6 is 0 Å². The number of hydrogen-bond acceptors (Lipinski definition) is 4. The molecule has 0 saturated heterocycles. The van der Waals surface area contributed by atoms with Crippen LogP contribution in [0.1, 0.15) is 19.4 Å². The van der Waals surface area contributed by atoms with Crippen LogP contribution in [0.5, 0.6) is 0 Å². The van der Waals surface area contributed by atoms with Gasteiger partial charge in [-0.25, -0.2) is 8.42 Å². The first kappa shape index (κ1) is 11.5. The van der Waals surface area contributed by atoms with E-state index in [1.54, 1.807) is 13.8 Å². The monoisotopic (exact) mass is 224 g/mol. The van der Waals surface area contributed by atoms with E-state index in [1.165, 1.54) is 18.2 Å². The molecule has 0 atom stereocenters. The van der Waals surface area contributed by atoms with Crippen molar-refractivity contribution in [3.05, 3.63) is 23.8 Å². The molecule has 0 spiro atoms. The maximum absolute atomic E-state index is 11.8. The molecule has 4 nitrogen and oxygen atoms in total. The molecule has 1 aromatic carbocycles. The lowest BCUT2D eigenvalue weighted by Crippen LogP contribution is -2.15. The number of benzene rings is 1. The van der Waals surface area contributed by atoms with E-state index in [1.807, 2.05) is 6.07 Å². The Kier molecular flexibility index (Phi) is 3.01. The Hall–Kier alpha value is -1.54. The summed E-state index contributed by atoms with van der Waals surface area (Å²) in [5, 5.41) is 8.27. The molecule has 0 bridgehead atoms. The van der Waals surface area contributed by atoms with Gasteiger partial charge in [0.15, 0.2) is 9.84 Å². The van der Waals surface area contributed by atoms with E-state index < -0.39 is 15.1 Å². The van der Waals surface area contributed by atoms with Gasteiger partial charge in [0, 0.05) is 5.69 Å². The van der Waals surface area contributed by atoms with Gasteiger partial charge in [0.1, 0.15) is 6.07 Å². The maximum Gasteiger partial charge on any atom is 0.181 e. The van der Waals surface area contributed by atoms with Gasteiger partial charge >= 0.3 is 0 Å². The Labute approximate surface area is 89.2 Å². The standard InChI is InChI=1S/C10H12N2O2S/c1-7(2)15(13,14)10-4-3-9(12)5-8(10)6-11/h3-5,7H,12H2,1-2H3. The molecule has 0 aliphatic heterocycles. The van der Waals surface area contributed by atoms with Gasteiger partial charge in [-0.2, -0.15) is 5.26 Å². The molecule has 1 rings (SSSR count). The van der Waals surface area contributed by atoms with Crippen molar-refractivity contribution in [1.82, 2.24) is 0 Å². The SMILES string of the molecule is CC(C)S(=O)(=O)c1ccc(N)cc1C#N. The Bertz CT molecular complexity index is 513. The van der Waals surface area contributed by atoms with Gasteiger partial charge in [0.05, 0.1) is 15.7 Å². The van der Waals surface area contributed by atoms with Crippen molar-refractivity contribution in [3.63, 3.8) is 0 Å². The number of rotatable bonds is 2. The lowest BCUT2D eigenvalue weighted by molar-refractivity contribution is 0.587. The highest BCUT2D eigenvalue weighted by Crippen LogP contribution is 2.21. The predicted molar refractivity (Wildman–Crippen MR) is 57.9 cm³/mol. The largest absolute Gasteiger partial charge is 0.399 e. The third-order valence-corrected chi connectivity index (χ3v) is 4.26. The van der Waals surface area contributed by atoms with Crippen molar-refractivity contribution < 1.29 is 8.42 Å². The van der Waals surface area contributed by atoms with Crippen LogP contribution in [0, 0.1) is 11.3 Å². The molecule has 15 heavy (non-hydrogen) atoms. The van der Waals surface area contributed by atoms with Gasteiger partial charge in [-0.05, 0) is 32.0 Å². The van der Waals surface area contributed by atoms with E-state index in [9.17, 15) is 8.42 Å². The summed E-state index contributed by atoms with van der Waals surface area (Å²) in [5.41, 5.74) is 5.96. The van der Waals surface area contributed by atoms with Crippen LogP contribution in [0.15, 0.2) is 23.1 Å². The summed E-state index contributed by atoms with van der Waals surface area (Å²) >= 11 is 0. The lowest BCUT2D eigenvalue weighted by atomic mass is 10.2. The highest BCUT2D eigenvalue weighted by molar-refractivity contribution is 7.92. The van der Waals surface area contributed by atoms with Crippen LogP contribution in [0.4, 0.5) is 5.69 Å². The quantitative estimate of drug-likeness (QED) is 0.768. The van der Waals surface area contributed by atoms with Crippen molar-refractivity contribution in [2.45, 2.75) is 24.0 Å². The molecule has 0 radical (unpaired) electrons. The average Bonchev–Trinajstić information content (AvgIpc) is 2.16. The van der Waals surface area contributed by atoms with E-state index in [0.717, 1.165) is 0 Å². The Morgan fingerprint density at radius 2 is 2.00 bits per heavy atom. The van der Waals surface area contributed by atoms with E-state index >= 15 is 0 Å². The molecule has 0 aromatic heterocycles. The van der Waals surface area contributed by atoms with Crippen LogP contribution in [-0.2, 0) is 9.84 Å². The van der Waals surface area contributed by atoms with E-state index in [4.69, 9.17) is 11.0 Å². The van der Waals surface area contributed by atoms with Crippen molar-refractivity contribution in [2.75, 3.05) is 5.73 Å². The highest BCUT2D eigenvalue weighted by Gasteiger charge is 2.22. The Morgan fingerprint density at radius 1 is 1.40 bits per heavy atom. The van der Waals surface area contributed by atoms with Crippen molar-refractivity contribution in [2.24, 2.45) is 0 Å². The van der Waals surface area contributed by atoms with Gasteiger partial charge < -0.3 is 5.73 Å². The average molecular weight is 224 g/mol. The molecular formula is C10H12N2O2S. The molecule has 0 aliphatic carbocycles. The second-order valence-electron chi connectivity index (χ2n) is 3.46. The Morgan fingerprint density at radius 3 is 2.47 bits per heavy atom. The first-order valence-corrected chi connectivity index (χ1v) is 5.97. The summed E-state index contributed by atoms with van der Waals surface area (Å²) in [6, 6.07) is 6.07. The molecule has 0 fully saturated rings. The van der Waals surface area contributed by atoms with Crippen LogP contribution < -0.4 is 5.73 Å². The van der Waals surface area contributed by atoms with Gasteiger partial charge in [0.25, 0.3) is 0 Å². The minimum absolute atomic E-state index is 0.0502. The number of nitrogens with zero attached hydrogens (tertiary/aromatic N) is 1. The first-order chi connectivity index (χ1) is 6.89. The zero-order chi connectivity index (χ0) is 11.6. The number of nitrogen functional groups attached to an aromatic ring is 1. The summed E-state index contributed by atoms with van der Waals surface area (Å²) in [6.45, 7) is 3.15. The number of sulfone groups is 1. The van der Waals surface area contributed by atoms with Crippen LogP contribution in [-0.4, -0.2) is 13.7 Å². The molecule has 0 aliphatic rings. The lowest BCUT2D eigenvalue weighted by Gasteiger charge is -2.09. The molecule has 80 valence electrons.